The largest absolute Gasteiger partial charge is 0.383 e. The van der Waals surface area contributed by atoms with Gasteiger partial charge in [0, 0.05) is 5.02 Å². The van der Waals surface area contributed by atoms with E-state index in [1.54, 1.807) is 11.0 Å². The van der Waals surface area contributed by atoms with Gasteiger partial charge in [-0.25, -0.2) is 9.67 Å². The smallest absolute Gasteiger partial charge is 0.137 e. The van der Waals surface area contributed by atoms with Crippen LogP contribution in [0.25, 0.3) is 5.57 Å². The molecule has 0 radical (unpaired) electrons. The van der Waals surface area contributed by atoms with Gasteiger partial charge in [-0.3, -0.25) is 0 Å². The lowest BCUT2D eigenvalue weighted by Crippen LogP contribution is -2.45. The van der Waals surface area contributed by atoms with Gasteiger partial charge >= 0.3 is 0 Å². The molecule has 1 saturated carbocycles. The summed E-state index contributed by atoms with van der Waals surface area (Å²) in [6.45, 7) is 4.63. The normalized spacial score (nSPS) is 23.0. The van der Waals surface area contributed by atoms with Crippen LogP contribution in [-0.4, -0.2) is 25.5 Å². The van der Waals surface area contributed by atoms with Gasteiger partial charge in [-0.1, -0.05) is 67.9 Å². The Balaban J connectivity index is 1.94. The number of hydrogen-bond acceptors (Lipinski definition) is 3. The van der Waals surface area contributed by atoms with Gasteiger partial charge in [0.05, 0.1) is 6.54 Å². The van der Waals surface area contributed by atoms with Crippen LogP contribution in [0, 0.1) is 5.41 Å². The van der Waals surface area contributed by atoms with Crippen molar-refractivity contribution in [3.63, 3.8) is 0 Å². The van der Waals surface area contributed by atoms with Crippen molar-refractivity contribution in [3.05, 3.63) is 89.0 Å². The van der Waals surface area contributed by atoms with Crippen molar-refractivity contribution in [2.45, 2.75) is 38.8 Å². The lowest BCUT2D eigenvalue weighted by molar-refractivity contribution is -0.0300. The van der Waals surface area contributed by atoms with Gasteiger partial charge in [0.25, 0.3) is 0 Å². The molecule has 28 heavy (non-hydrogen) atoms. The fourth-order valence-electron chi connectivity index (χ4n) is 4.19. The molecule has 1 atom stereocenters. The van der Waals surface area contributed by atoms with E-state index in [0.717, 1.165) is 35.1 Å². The summed E-state index contributed by atoms with van der Waals surface area (Å²) in [6, 6.07) is 18.1. The van der Waals surface area contributed by atoms with Crippen LogP contribution >= 0.6 is 11.6 Å². The third kappa shape index (κ3) is 3.27. The minimum Gasteiger partial charge on any atom is -0.383 e. The topological polar surface area (TPSA) is 50.9 Å². The highest BCUT2D eigenvalue weighted by Gasteiger charge is 2.52. The van der Waals surface area contributed by atoms with Crippen molar-refractivity contribution >= 4 is 17.2 Å². The molecule has 1 heterocycles. The summed E-state index contributed by atoms with van der Waals surface area (Å²) in [6.07, 6.45) is 4.89. The molecule has 1 aromatic heterocycles. The molecule has 1 aliphatic carbocycles. The molecule has 2 aromatic carbocycles. The molecule has 0 spiro atoms. The number of nitrogens with zero attached hydrogens (tertiary/aromatic N) is 3. The van der Waals surface area contributed by atoms with Gasteiger partial charge in [0.1, 0.15) is 18.3 Å². The van der Waals surface area contributed by atoms with Crippen LogP contribution in [0.4, 0.5) is 0 Å². The van der Waals surface area contributed by atoms with Crippen molar-refractivity contribution < 1.29 is 5.11 Å². The molecule has 0 bridgehead atoms. The number of aromatic nitrogens is 3. The minimum absolute atomic E-state index is 0.291. The van der Waals surface area contributed by atoms with E-state index in [-0.39, 0.29) is 5.41 Å². The van der Waals surface area contributed by atoms with Crippen LogP contribution < -0.4 is 0 Å². The van der Waals surface area contributed by atoms with Crippen molar-refractivity contribution in [1.82, 2.24) is 14.8 Å². The molecule has 5 heteroatoms. The fourth-order valence-corrected chi connectivity index (χ4v) is 4.31. The van der Waals surface area contributed by atoms with E-state index < -0.39 is 5.60 Å². The Bertz CT molecular complexity index is 978. The SMILES string of the molecule is CC1(C)CCC(=C(c2ccccc2)c2ccc(Cl)cc2)C1(O)Cn1cncn1. The monoisotopic (exact) mass is 393 g/mol. The van der Waals surface area contributed by atoms with E-state index in [2.05, 4.69) is 36.1 Å². The van der Waals surface area contributed by atoms with E-state index in [0.29, 0.717) is 11.6 Å². The predicted octanol–water partition coefficient (Wildman–Crippen LogP) is 4.98. The van der Waals surface area contributed by atoms with E-state index in [4.69, 9.17) is 11.6 Å². The Morgan fingerprint density at radius 1 is 1.07 bits per heavy atom. The van der Waals surface area contributed by atoms with E-state index >= 15 is 0 Å². The first kappa shape index (κ1) is 18.9. The Kier molecular flexibility index (Phi) is 4.86. The number of rotatable bonds is 4. The van der Waals surface area contributed by atoms with E-state index in [9.17, 15) is 5.11 Å². The standard InChI is InChI=1S/C23H24ClN3O/c1-22(2)13-12-20(23(22,28)14-27-16-25-15-26-27)21(17-6-4-3-5-7-17)18-8-10-19(24)11-9-18/h3-11,15-16,28H,12-14H2,1-2H3. The predicted molar refractivity (Wildman–Crippen MR) is 112 cm³/mol. The second kappa shape index (κ2) is 7.19. The zero-order valence-corrected chi connectivity index (χ0v) is 16.9. The summed E-state index contributed by atoms with van der Waals surface area (Å²) < 4.78 is 1.72. The van der Waals surface area contributed by atoms with E-state index in [1.807, 2.05) is 42.5 Å². The molecule has 1 aliphatic rings. The first-order valence-corrected chi connectivity index (χ1v) is 9.88. The van der Waals surface area contributed by atoms with Crippen LogP contribution in [0.3, 0.4) is 0 Å². The number of benzene rings is 2. The Morgan fingerprint density at radius 2 is 1.75 bits per heavy atom. The van der Waals surface area contributed by atoms with Crippen LogP contribution in [0.15, 0.2) is 72.8 Å². The second-order valence-corrected chi connectivity index (χ2v) is 8.50. The molecular weight excluding hydrogens is 370 g/mol. The third-order valence-corrected chi connectivity index (χ3v) is 6.23. The molecule has 1 fully saturated rings. The van der Waals surface area contributed by atoms with Gasteiger partial charge < -0.3 is 5.11 Å². The van der Waals surface area contributed by atoms with Crippen LogP contribution in [-0.2, 0) is 6.54 Å². The summed E-state index contributed by atoms with van der Waals surface area (Å²) >= 11 is 6.13. The third-order valence-electron chi connectivity index (χ3n) is 5.97. The van der Waals surface area contributed by atoms with Crippen molar-refractivity contribution in [1.29, 1.82) is 0 Å². The highest BCUT2D eigenvalue weighted by molar-refractivity contribution is 6.30. The summed E-state index contributed by atoms with van der Waals surface area (Å²) in [7, 11) is 0. The molecular formula is C23H24ClN3O. The average molecular weight is 394 g/mol. The van der Waals surface area contributed by atoms with Crippen molar-refractivity contribution in [2.24, 2.45) is 5.41 Å². The molecule has 4 nitrogen and oxygen atoms in total. The first-order valence-electron chi connectivity index (χ1n) is 9.50. The molecule has 1 unspecified atom stereocenters. The summed E-state index contributed by atoms with van der Waals surface area (Å²) in [5.74, 6) is 0. The maximum atomic E-state index is 12.0. The van der Waals surface area contributed by atoms with Crippen molar-refractivity contribution in [2.75, 3.05) is 0 Å². The van der Waals surface area contributed by atoms with Gasteiger partial charge in [0.2, 0.25) is 0 Å². The molecule has 3 aromatic rings. The first-order chi connectivity index (χ1) is 13.4. The number of halogens is 1. The molecule has 0 amide bonds. The fraction of sp³-hybridized carbons (Fsp3) is 0.304. The molecule has 0 aliphatic heterocycles. The number of aliphatic hydroxyl groups is 1. The quantitative estimate of drug-likeness (QED) is 0.679. The maximum absolute atomic E-state index is 12.0. The number of hydrogen-bond donors (Lipinski definition) is 1. The van der Waals surface area contributed by atoms with Crippen LogP contribution in [0.1, 0.15) is 37.8 Å². The van der Waals surface area contributed by atoms with Crippen LogP contribution in [0.2, 0.25) is 5.02 Å². The lowest BCUT2D eigenvalue weighted by atomic mass is 9.74. The minimum atomic E-state index is -1.04. The highest BCUT2D eigenvalue weighted by Crippen LogP contribution is 2.53. The summed E-state index contributed by atoms with van der Waals surface area (Å²) in [5, 5.41) is 17.0. The molecule has 144 valence electrons. The summed E-state index contributed by atoms with van der Waals surface area (Å²) in [5.41, 5.74) is 2.94. The Hall–Kier alpha value is -2.43. The van der Waals surface area contributed by atoms with Crippen molar-refractivity contribution in [3.8, 4) is 0 Å². The average Bonchev–Trinajstić information content (AvgIpc) is 3.26. The second-order valence-electron chi connectivity index (χ2n) is 8.06. The zero-order valence-electron chi connectivity index (χ0n) is 16.1. The molecule has 0 saturated heterocycles. The molecule has 1 N–H and O–H groups in total. The van der Waals surface area contributed by atoms with E-state index in [1.165, 1.54) is 6.33 Å². The van der Waals surface area contributed by atoms with Gasteiger partial charge in [-0.05, 0) is 52.7 Å². The van der Waals surface area contributed by atoms with Gasteiger partial charge in [0.15, 0.2) is 0 Å². The molecule has 4 rings (SSSR count). The van der Waals surface area contributed by atoms with Crippen LogP contribution in [0.5, 0.6) is 0 Å². The zero-order chi connectivity index (χ0) is 19.8. The Labute approximate surface area is 170 Å². The highest BCUT2D eigenvalue weighted by atomic mass is 35.5. The maximum Gasteiger partial charge on any atom is 0.137 e. The van der Waals surface area contributed by atoms with Gasteiger partial charge in [-0.15, -0.1) is 0 Å². The Morgan fingerprint density at radius 3 is 2.39 bits per heavy atom. The lowest BCUT2D eigenvalue weighted by Gasteiger charge is -2.38. The van der Waals surface area contributed by atoms with Gasteiger partial charge in [-0.2, -0.15) is 5.10 Å². The summed E-state index contributed by atoms with van der Waals surface area (Å²) in [4.78, 5) is 4.05.